The zero-order chi connectivity index (χ0) is 15.1. The molecule has 1 aromatic heterocycles. The molecular formula is C14H16N6O. The Kier molecular flexibility index (Phi) is 4.88. The van der Waals surface area contributed by atoms with E-state index in [2.05, 4.69) is 31.7 Å². The first-order valence-corrected chi connectivity index (χ1v) is 6.59. The molecular weight excluding hydrogens is 268 g/mol. The maximum Gasteiger partial charge on any atom is 0.323 e. The van der Waals surface area contributed by atoms with Crippen molar-refractivity contribution >= 4 is 17.6 Å². The number of benzene rings is 1. The van der Waals surface area contributed by atoms with Gasteiger partial charge in [-0.15, -0.1) is 0 Å². The molecule has 0 amide bonds. The Morgan fingerprint density at radius 2 is 1.95 bits per heavy atom. The summed E-state index contributed by atoms with van der Waals surface area (Å²) in [7, 11) is 1.71. The van der Waals surface area contributed by atoms with E-state index in [-0.39, 0.29) is 6.01 Å². The first-order valence-electron chi connectivity index (χ1n) is 6.59. The van der Waals surface area contributed by atoms with Crippen LogP contribution in [0.25, 0.3) is 0 Å². The van der Waals surface area contributed by atoms with Crippen molar-refractivity contribution in [3.05, 3.63) is 29.8 Å². The normalized spacial score (nSPS) is 9.76. The number of aromatic nitrogens is 3. The molecule has 1 heterocycles. The molecule has 0 fully saturated rings. The molecule has 0 saturated carbocycles. The summed E-state index contributed by atoms with van der Waals surface area (Å²) in [6, 6.07) is 9.49. The highest BCUT2D eigenvalue weighted by atomic mass is 16.5. The average molecular weight is 284 g/mol. The quantitative estimate of drug-likeness (QED) is 0.840. The summed E-state index contributed by atoms with van der Waals surface area (Å²) >= 11 is 0. The van der Waals surface area contributed by atoms with E-state index in [1.165, 1.54) is 0 Å². The van der Waals surface area contributed by atoms with Crippen molar-refractivity contribution < 1.29 is 4.74 Å². The van der Waals surface area contributed by atoms with Crippen LogP contribution in [-0.4, -0.2) is 28.6 Å². The molecule has 7 nitrogen and oxygen atoms in total. The number of hydrogen-bond acceptors (Lipinski definition) is 7. The molecule has 2 aromatic rings. The summed E-state index contributed by atoms with van der Waals surface area (Å²) in [6.45, 7) is 2.53. The Balaban J connectivity index is 2.28. The Morgan fingerprint density at radius 1 is 1.19 bits per heavy atom. The monoisotopic (exact) mass is 284 g/mol. The second-order valence-corrected chi connectivity index (χ2v) is 4.15. The third-order valence-corrected chi connectivity index (χ3v) is 2.57. The van der Waals surface area contributed by atoms with E-state index in [1.807, 2.05) is 13.0 Å². The van der Waals surface area contributed by atoms with Gasteiger partial charge in [-0.1, -0.05) is 19.1 Å². The lowest BCUT2D eigenvalue weighted by Crippen LogP contribution is -2.08. The predicted molar refractivity (Wildman–Crippen MR) is 79.6 cm³/mol. The number of nitrogens with zero attached hydrogens (tertiary/aromatic N) is 4. The molecule has 0 radical (unpaired) electrons. The predicted octanol–water partition coefficient (Wildman–Crippen LogP) is 2.32. The third kappa shape index (κ3) is 3.79. The maximum atomic E-state index is 9.09. The number of para-hydroxylation sites is 1. The largest absolute Gasteiger partial charge is 0.463 e. The minimum atomic E-state index is 0.244. The number of nitrogens with one attached hydrogen (secondary N) is 2. The van der Waals surface area contributed by atoms with Crippen LogP contribution >= 0.6 is 0 Å². The van der Waals surface area contributed by atoms with Crippen LogP contribution in [-0.2, 0) is 0 Å². The van der Waals surface area contributed by atoms with E-state index < -0.39 is 0 Å². The SMILES string of the molecule is CCCOc1nc(NC)nc(Nc2ccccc2C#N)n1. The molecule has 2 N–H and O–H groups in total. The summed E-state index contributed by atoms with van der Waals surface area (Å²) in [6.07, 6.45) is 0.862. The van der Waals surface area contributed by atoms with E-state index in [4.69, 9.17) is 10.00 Å². The van der Waals surface area contributed by atoms with Gasteiger partial charge in [0.1, 0.15) is 6.07 Å². The molecule has 108 valence electrons. The Labute approximate surface area is 123 Å². The van der Waals surface area contributed by atoms with Crippen LogP contribution in [0.2, 0.25) is 0 Å². The fourth-order valence-electron chi connectivity index (χ4n) is 1.59. The van der Waals surface area contributed by atoms with Gasteiger partial charge in [-0.3, -0.25) is 0 Å². The van der Waals surface area contributed by atoms with Gasteiger partial charge in [-0.25, -0.2) is 0 Å². The second-order valence-electron chi connectivity index (χ2n) is 4.15. The molecule has 21 heavy (non-hydrogen) atoms. The van der Waals surface area contributed by atoms with E-state index in [0.717, 1.165) is 6.42 Å². The summed E-state index contributed by atoms with van der Waals surface area (Å²) in [5, 5.41) is 14.9. The van der Waals surface area contributed by atoms with Crippen molar-refractivity contribution in [2.45, 2.75) is 13.3 Å². The smallest absolute Gasteiger partial charge is 0.323 e. The minimum Gasteiger partial charge on any atom is -0.463 e. The molecule has 7 heteroatoms. The van der Waals surface area contributed by atoms with Gasteiger partial charge in [-0.2, -0.15) is 20.2 Å². The molecule has 0 bridgehead atoms. The zero-order valence-electron chi connectivity index (χ0n) is 11.9. The maximum absolute atomic E-state index is 9.09. The minimum absolute atomic E-state index is 0.244. The van der Waals surface area contributed by atoms with Crippen molar-refractivity contribution in [1.29, 1.82) is 5.26 Å². The van der Waals surface area contributed by atoms with Gasteiger partial charge in [0.15, 0.2) is 0 Å². The van der Waals surface area contributed by atoms with Crippen molar-refractivity contribution in [3.8, 4) is 12.1 Å². The fourth-order valence-corrected chi connectivity index (χ4v) is 1.59. The summed E-state index contributed by atoms with van der Waals surface area (Å²) < 4.78 is 5.43. The van der Waals surface area contributed by atoms with Crippen LogP contribution in [0.3, 0.4) is 0 Å². The summed E-state index contributed by atoms with van der Waals surface area (Å²) in [5.74, 6) is 0.719. The number of rotatable bonds is 6. The number of nitriles is 1. The van der Waals surface area contributed by atoms with Crippen LogP contribution in [0.1, 0.15) is 18.9 Å². The zero-order valence-corrected chi connectivity index (χ0v) is 11.9. The molecule has 0 atom stereocenters. The molecule has 2 rings (SSSR count). The standard InChI is InChI=1S/C14H16N6O/c1-3-8-21-14-19-12(16-2)18-13(20-14)17-11-7-5-4-6-10(11)9-15/h4-7H,3,8H2,1-2H3,(H2,16,17,18,19,20). The lowest BCUT2D eigenvalue weighted by Gasteiger charge is -2.09. The molecule has 0 spiro atoms. The molecule has 0 unspecified atom stereocenters. The van der Waals surface area contributed by atoms with Crippen LogP contribution < -0.4 is 15.4 Å². The molecule has 0 aliphatic carbocycles. The van der Waals surface area contributed by atoms with E-state index in [1.54, 1.807) is 25.2 Å². The van der Waals surface area contributed by atoms with Crippen LogP contribution in [0, 0.1) is 11.3 Å². The van der Waals surface area contributed by atoms with Crippen LogP contribution in [0.4, 0.5) is 17.6 Å². The first kappa shape index (κ1) is 14.5. The van der Waals surface area contributed by atoms with E-state index in [9.17, 15) is 0 Å². The summed E-state index contributed by atoms with van der Waals surface area (Å²) in [5.41, 5.74) is 1.15. The Hall–Kier alpha value is -2.88. The number of ether oxygens (including phenoxy) is 1. The van der Waals surface area contributed by atoms with Gasteiger partial charge in [0.2, 0.25) is 11.9 Å². The van der Waals surface area contributed by atoms with Gasteiger partial charge in [0.25, 0.3) is 0 Å². The molecule has 1 aromatic carbocycles. The van der Waals surface area contributed by atoms with E-state index >= 15 is 0 Å². The molecule has 0 aliphatic rings. The Bertz CT molecular complexity index is 652. The topological polar surface area (TPSA) is 95.8 Å². The van der Waals surface area contributed by atoms with Gasteiger partial charge >= 0.3 is 6.01 Å². The number of hydrogen-bond donors (Lipinski definition) is 2. The lowest BCUT2D eigenvalue weighted by atomic mass is 10.2. The molecule has 0 saturated heterocycles. The van der Waals surface area contributed by atoms with Gasteiger partial charge < -0.3 is 15.4 Å². The average Bonchev–Trinajstić information content (AvgIpc) is 2.53. The van der Waals surface area contributed by atoms with Crippen molar-refractivity contribution in [2.75, 3.05) is 24.3 Å². The second kappa shape index (κ2) is 7.05. The van der Waals surface area contributed by atoms with Crippen molar-refractivity contribution in [1.82, 2.24) is 15.0 Å². The van der Waals surface area contributed by atoms with Crippen molar-refractivity contribution in [3.63, 3.8) is 0 Å². The van der Waals surface area contributed by atoms with Crippen LogP contribution in [0.5, 0.6) is 6.01 Å². The highest BCUT2D eigenvalue weighted by molar-refractivity contribution is 5.63. The van der Waals surface area contributed by atoms with Crippen LogP contribution in [0.15, 0.2) is 24.3 Å². The highest BCUT2D eigenvalue weighted by Gasteiger charge is 2.08. The molecule has 0 aliphatic heterocycles. The Morgan fingerprint density at radius 3 is 2.67 bits per heavy atom. The summed E-state index contributed by atoms with van der Waals surface area (Å²) in [4.78, 5) is 12.5. The van der Waals surface area contributed by atoms with Gasteiger partial charge in [-0.05, 0) is 18.6 Å². The van der Waals surface area contributed by atoms with Crippen molar-refractivity contribution in [2.24, 2.45) is 0 Å². The van der Waals surface area contributed by atoms with E-state index in [0.29, 0.717) is 29.8 Å². The third-order valence-electron chi connectivity index (χ3n) is 2.57. The lowest BCUT2D eigenvalue weighted by molar-refractivity contribution is 0.292. The first-order chi connectivity index (χ1) is 10.3. The highest BCUT2D eigenvalue weighted by Crippen LogP contribution is 2.19. The fraction of sp³-hybridized carbons (Fsp3) is 0.286. The van der Waals surface area contributed by atoms with Gasteiger partial charge in [0.05, 0.1) is 17.9 Å². The van der Waals surface area contributed by atoms with Gasteiger partial charge in [0, 0.05) is 7.05 Å². The number of anilines is 3.